The van der Waals surface area contributed by atoms with E-state index in [0.717, 1.165) is 36.9 Å². The fourth-order valence-corrected chi connectivity index (χ4v) is 2.45. The van der Waals surface area contributed by atoms with Gasteiger partial charge in [-0.05, 0) is 30.0 Å². The number of aliphatic hydroxyl groups is 1. The number of rotatable bonds is 4. The van der Waals surface area contributed by atoms with Crippen LogP contribution in [0.3, 0.4) is 0 Å². The number of amides is 1. The highest BCUT2D eigenvalue weighted by molar-refractivity contribution is 5.95. The zero-order valence-corrected chi connectivity index (χ0v) is 11.1. The summed E-state index contributed by atoms with van der Waals surface area (Å²) in [5.74, 6) is 0.168. The number of aliphatic hydroxyl groups excluding tert-OH is 1. The van der Waals surface area contributed by atoms with Crippen LogP contribution >= 0.6 is 0 Å². The van der Waals surface area contributed by atoms with Gasteiger partial charge in [-0.2, -0.15) is 0 Å². The van der Waals surface area contributed by atoms with Crippen molar-refractivity contribution in [2.45, 2.75) is 45.1 Å². The number of fused-ring (bicyclic) bond motifs is 1. The van der Waals surface area contributed by atoms with Crippen molar-refractivity contribution in [3.05, 3.63) is 29.3 Å². The zero-order chi connectivity index (χ0) is 13.1. The van der Waals surface area contributed by atoms with Gasteiger partial charge in [0.05, 0.1) is 6.10 Å². The van der Waals surface area contributed by atoms with Crippen LogP contribution < -0.4 is 4.90 Å². The SMILES string of the molecule is CCCCC(O)c1ccc2c(c1)CCC(=O)N2C. The molecule has 3 nitrogen and oxygen atoms in total. The third-order valence-corrected chi connectivity index (χ3v) is 3.66. The van der Waals surface area contributed by atoms with Gasteiger partial charge in [0.15, 0.2) is 0 Å². The van der Waals surface area contributed by atoms with Crippen LogP contribution in [0.4, 0.5) is 5.69 Å². The Morgan fingerprint density at radius 3 is 2.89 bits per heavy atom. The Morgan fingerprint density at radius 2 is 2.17 bits per heavy atom. The smallest absolute Gasteiger partial charge is 0.227 e. The van der Waals surface area contributed by atoms with Crippen LogP contribution in [0, 0.1) is 0 Å². The van der Waals surface area contributed by atoms with Crippen molar-refractivity contribution in [3.8, 4) is 0 Å². The first-order valence-electron chi connectivity index (χ1n) is 6.71. The number of nitrogens with zero attached hydrogens (tertiary/aromatic N) is 1. The normalized spacial score (nSPS) is 16.6. The van der Waals surface area contributed by atoms with Gasteiger partial charge in [-0.3, -0.25) is 4.79 Å². The lowest BCUT2D eigenvalue weighted by Gasteiger charge is -2.26. The predicted octanol–water partition coefficient (Wildman–Crippen LogP) is 2.82. The average molecular weight is 247 g/mol. The number of aryl methyl sites for hydroxylation is 1. The first-order valence-corrected chi connectivity index (χ1v) is 6.71. The van der Waals surface area contributed by atoms with Gasteiger partial charge in [0, 0.05) is 19.2 Å². The van der Waals surface area contributed by atoms with E-state index in [4.69, 9.17) is 0 Å². The van der Waals surface area contributed by atoms with Gasteiger partial charge in [-0.15, -0.1) is 0 Å². The molecule has 98 valence electrons. The molecule has 1 N–H and O–H groups in total. The number of anilines is 1. The lowest BCUT2D eigenvalue weighted by atomic mass is 9.95. The van der Waals surface area contributed by atoms with Crippen molar-refractivity contribution in [1.82, 2.24) is 0 Å². The van der Waals surface area contributed by atoms with E-state index in [-0.39, 0.29) is 12.0 Å². The van der Waals surface area contributed by atoms with Crippen LogP contribution in [-0.4, -0.2) is 18.1 Å². The van der Waals surface area contributed by atoms with Crippen molar-refractivity contribution in [3.63, 3.8) is 0 Å². The van der Waals surface area contributed by atoms with Crippen LogP contribution in [0.1, 0.15) is 49.8 Å². The Balaban J connectivity index is 2.20. The summed E-state index contributed by atoms with van der Waals surface area (Å²) in [6.07, 6.45) is 3.92. The lowest BCUT2D eigenvalue weighted by Crippen LogP contribution is -2.31. The Labute approximate surface area is 108 Å². The number of carbonyl (C=O) groups is 1. The molecular weight excluding hydrogens is 226 g/mol. The summed E-state index contributed by atoms with van der Waals surface area (Å²) in [6.45, 7) is 2.13. The summed E-state index contributed by atoms with van der Waals surface area (Å²) in [4.78, 5) is 13.3. The average Bonchev–Trinajstić information content (AvgIpc) is 2.40. The number of benzene rings is 1. The van der Waals surface area contributed by atoms with E-state index in [1.165, 1.54) is 5.56 Å². The molecule has 2 rings (SSSR count). The van der Waals surface area contributed by atoms with E-state index in [1.807, 2.05) is 19.2 Å². The summed E-state index contributed by atoms with van der Waals surface area (Å²) in [5.41, 5.74) is 3.13. The van der Waals surface area contributed by atoms with Gasteiger partial charge in [0.1, 0.15) is 0 Å². The molecule has 1 aliphatic heterocycles. The van der Waals surface area contributed by atoms with Gasteiger partial charge in [-0.1, -0.05) is 31.9 Å². The minimum absolute atomic E-state index is 0.168. The largest absolute Gasteiger partial charge is 0.388 e. The molecule has 1 aromatic carbocycles. The fourth-order valence-electron chi connectivity index (χ4n) is 2.45. The summed E-state index contributed by atoms with van der Waals surface area (Å²) in [5, 5.41) is 10.1. The maximum Gasteiger partial charge on any atom is 0.227 e. The predicted molar refractivity (Wildman–Crippen MR) is 72.7 cm³/mol. The molecule has 0 saturated heterocycles. The first kappa shape index (κ1) is 13.1. The number of hydrogen-bond donors (Lipinski definition) is 1. The van der Waals surface area contributed by atoms with Crippen LogP contribution in [0.25, 0.3) is 0 Å². The van der Waals surface area contributed by atoms with Gasteiger partial charge >= 0.3 is 0 Å². The van der Waals surface area contributed by atoms with E-state index in [9.17, 15) is 9.90 Å². The number of hydrogen-bond acceptors (Lipinski definition) is 2. The van der Waals surface area contributed by atoms with Crippen LogP contribution in [0.5, 0.6) is 0 Å². The summed E-state index contributed by atoms with van der Waals surface area (Å²) < 4.78 is 0. The van der Waals surface area contributed by atoms with E-state index >= 15 is 0 Å². The Hall–Kier alpha value is -1.35. The maximum atomic E-state index is 11.6. The lowest BCUT2D eigenvalue weighted by molar-refractivity contribution is -0.118. The summed E-state index contributed by atoms with van der Waals surface area (Å²) >= 11 is 0. The van der Waals surface area contributed by atoms with Crippen molar-refractivity contribution in [2.75, 3.05) is 11.9 Å². The van der Waals surface area contributed by atoms with E-state index in [0.29, 0.717) is 6.42 Å². The van der Waals surface area contributed by atoms with E-state index in [2.05, 4.69) is 13.0 Å². The minimum Gasteiger partial charge on any atom is -0.388 e. The molecule has 0 spiro atoms. The molecule has 0 aromatic heterocycles. The van der Waals surface area contributed by atoms with Crippen molar-refractivity contribution < 1.29 is 9.90 Å². The van der Waals surface area contributed by atoms with E-state index < -0.39 is 0 Å². The first-order chi connectivity index (χ1) is 8.63. The second-order valence-corrected chi connectivity index (χ2v) is 5.00. The molecule has 3 heteroatoms. The van der Waals surface area contributed by atoms with Gasteiger partial charge < -0.3 is 10.0 Å². The fraction of sp³-hybridized carbons (Fsp3) is 0.533. The highest BCUT2D eigenvalue weighted by atomic mass is 16.3. The van der Waals surface area contributed by atoms with Gasteiger partial charge in [-0.25, -0.2) is 0 Å². The van der Waals surface area contributed by atoms with Crippen molar-refractivity contribution in [2.24, 2.45) is 0 Å². The van der Waals surface area contributed by atoms with Gasteiger partial charge in [0.25, 0.3) is 0 Å². The summed E-state index contributed by atoms with van der Waals surface area (Å²) in [6, 6.07) is 5.95. The molecule has 0 saturated carbocycles. The Kier molecular flexibility index (Phi) is 4.02. The second kappa shape index (κ2) is 5.53. The third-order valence-electron chi connectivity index (χ3n) is 3.66. The van der Waals surface area contributed by atoms with Crippen LogP contribution in [-0.2, 0) is 11.2 Å². The zero-order valence-electron chi connectivity index (χ0n) is 11.1. The highest BCUT2D eigenvalue weighted by Gasteiger charge is 2.21. The third kappa shape index (κ3) is 2.56. The monoisotopic (exact) mass is 247 g/mol. The van der Waals surface area contributed by atoms with Gasteiger partial charge in [0.2, 0.25) is 5.91 Å². The Bertz CT molecular complexity index is 442. The molecule has 0 bridgehead atoms. The molecule has 1 heterocycles. The molecule has 0 fully saturated rings. The molecule has 18 heavy (non-hydrogen) atoms. The van der Waals surface area contributed by atoms with Crippen molar-refractivity contribution >= 4 is 11.6 Å². The summed E-state index contributed by atoms with van der Waals surface area (Å²) in [7, 11) is 1.81. The molecule has 0 aliphatic carbocycles. The highest BCUT2D eigenvalue weighted by Crippen LogP contribution is 2.30. The van der Waals surface area contributed by atoms with Crippen LogP contribution in [0.15, 0.2) is 18.2 Å². The molecule has 1 aromatic rings. The number of carbonyl (C=O) groups excluding carboxylic acids is 1. The quantitative estimate of drug-likeness (QED) is 0.888. The molecule has 1 atom stereocenters. The topological polar surface area (TPSA) is 40.5 Å². The molecule has 1 amide bonds. The van der Waals surface area contributed by atoms with Crippen molar-refractivity contribution in [1.29, 1.82) is 0 Å². The minimum atomic E-state index is -0.377. The number of unbranched alkanes of at least 4 members (excludes halogenated alkanes) is 1. The second-order valence-electron chi connectivity index (χ2n) is 5.00. The molecule has 1 unspecified atom stereocenters. The molecule has 0 radical (unpaired) electrons. The molecule has 1 aliphatic rings. The standard InChI is InChI=1S/C15H21NO2/c1-3-4-5-14(17)12-6-8-13-11(10-12)7-9-15(18)16(13)2/h6,8,10,14,17H,3-5,7,9H2,1-2H3. The maximum absolute atomic E-state index is 11.6. The van der Waals surface area contributed by atoms with E-state index in [1.54, 1.807) is 4.90 Å². The van der Waals surface area contributed by atoms with Crippen LogP contribution in [0.2, 0.25) is 0 Å². The Morgan fingerprint density at radius 1 is 1.39 bits per heavy atom. The molecular formula is C15H21NO2.